The van der Waals surface area contributed by atoms with Crippen LogP contribution in [-0.2, 0) is 16.6 Å². The number of benzene rings is 2. The number of aryl methyl sites for hydroxylation is 3. The van der Waals surface area contributed by atoms with E-state index in [1.165, 1.54) is 0 Å². The maximum Gasteiger partial charge on any atom is 0.264 e. The lowest BCUT2D eigenvalue weighted by molar-refractivity contribution is 0.599. The van der Waals surface area contributed by atoms with Crippen molar-refractivity contribution in [1.29, 1.82) is 0 Å². The maximum absolute atomic E-state index is 12.8. The highest BCUT2D eigenvalue weighted by atomic mass is 32.2. The first-order valence-electron chi connectivity index (χ1n) is 7.97. The van der Waals surface area contributed by atoms with E-state index >= 15 is 0 Å². The van der Waals surface area contributed by atoms with Crippen LogP contribution in [0, 0.1) is 13.8 Å². The number of hydrogen-bond acceptors (Lipinski definition) is 3. The molecule has 0 amide bonds. The van der Waals surface area contributed by atoms with Crippen molar-refractivity contribution in [2.24, 2.45) is 0 Å². The van der Waals surface area contributed by atoms with Crippen molar-refractivity contribution in [3.63, 3.8) is 0 Å². The smallest absolute Gasteiger partial charge is 0.264 e. The van der Waals surface area contributed by atoms with E-state index in [9.17, 15) is 8.42 Å². The number of fused-ring (bicyclic) bond motifs is 1. The molecule has 0 aliphatic heterocycles. The van der Waals surface area contributed by atoms with Crippen LogP contribution in [0.15, 0.2) is 47.4 Å². The molecule has 0 aliphatic carbocycles. The Morgan fingerprint density at radius 3 is 2.62 bits per heavy atom. The Morgan fingerprint density at radius 2 is 1.88 bits per heavy atom. The second kappa shape index (κ2) is 6.28. The van der Waals surface area contributed by atoms with Gasteiger partial charge in [0.25, 0.3) is 10.0 Å². The Bertz CT molecular complexity index is 991. The molecular weight excluding hydrogens is 322 g/mol. The second-order valence-corrected chi connectivity index (χ2v) is 7.60. The van der Waals surface area contributed by atoms with Gasteiger partial charge >= 0.3 is 0 Å². The van der Waals surface area contributed by atoms with Gasteiger partial charge in [-0.05, 0) is 49.6 Å². The maximum atomic E-state index is 12.8. The van der Waals surface area contributed by atoms with Gasteiger partial charge in [-0.25, -0.2) is 18.1 Å². The van der Waals surface area contributed by atoms with E-state index < -0.39 is 10.0 Å². The van der Waals surface area contributed by atoms with Crippen molar-refractivity contribution in [1.82, 2.24) is 9.55 Å². The van der Waals surface area contributed by atoms with Crippen molar-refractivity contribution < 1.29 is 8.42 Å². The molecule has 0 saturated heterocycles. The number of nitrogens with zero attached hydrogens (tertiary/aromatic N) is 2. The van der Waals surface area contributed by atoms with E-state index in [0.29, 0.717) is 18.1 Å². The normalized spacial score (nSPS) is 11.8. The van der Waals surface area contributed by atoms with Crippen LogP contribution in [0.1, 0.15) is 24.5 Å². The van der Waals surface area contributed by atoms with Gasteiger partial charge in [-0.15, -0.1) is 0 Å². The van der Waals surface area contributed by atoms with Gasteiger partial charge in [-0.1, -0.05) is 31.2 Å². The molecule has 1 aromatic heterocycles. The quantitative estimate of drug-likeness (QED) is 0.765. The highest BCUT2D eigenvalue weighted by Gasteiger charge is 2.21. The highest BCUT2D eigenvalue weighted by Crippen LogP contribution is 2.24. The first-order chi connectivity index (χ1) is 11.4. The summed E-state index contributed by atoms with van der Waals surface area (Å²) in [5.41, 5.74) is 3.33. The average molecular weight is 343 g/mol. The molecule has 3 rings (SSSR count). The summed E-state index contributed by atoms with van der Waals surface area (Å²) in [5, 5.41) is 0. The molecule has 1 N–H and O–H groups in total. The van der Waals surface area contributed by atoms with Crippen molar-refractivity contribution in [3.05, 3.63) is 53.6 Å². The van der Waals surface area contributed by atoms with Crippen LogP contribution in [-0.4, -0.2) is 18.0 Å². The van der Waals surface area contributed by atoms with Gasteiger partial charge in [-0.2, -0.15) is 0 Å². The lowest BCUT2D eigenvalue weighted by atomic mass is 10.2. The van der Waals surface area contributed by atoms with Crippen molar-refractivity contribution in [2.45, 2.75) is 38.6 Å². The number of aromatic nitrogens is 2. The first kappa shape index (κ1) is 16.5. The van der Waals surface area contributed by atoms with Crippen LogP contribution in [0.3, 0.4) is 0 Å². The summed E-state index contributed by atoms with van der Waals surface area (Å²) < 4.78 is 30.3. The summed E-state index contributed by atoms with van der Waals surface area (Å²) in [4.78, 5) is 4.76. The van der Waals surface area contributed by atoms with E-state index in [1.54, 1.807) is 13.0 Å². The van der Waals surface area contributed by atoms with Gasteiger partial charge in [-0.3, -0.25) is 0 Å². The van der Waals surface area contributed by atoms with Crippen LogP contribution in [0.5, 0.6) is 0 Å². The zero-order valence-electron chi connectivity index (χ0n) is 14.1. The van der Waals surface area contributed by atoms with Gasteiger partial charge < -0.3 is 4.57 Å². The predicted octanol–water partition coefficient (Wildman–Crippen LogP) is 3.86. The molecule has 0 unspecified atom stereocenters. The monoisotopic (exact) mass is 343 g/mol. The van der Waals surface area contributed by atoms with E-state index in [1.807, 2.05) is 47.9 Å². The van der Waals surface area contributed by atoms with Crippen LogP contribution in [0.4, 0.5) is 5.95 Å². The summed E-state index contributed by atoms with van der Waals surface area (Å²) >= 11 is 0. The minimum Gasteiger partial charge on any atom is -0.309 e. The standard InChI is InChI=1S/C18H21N3O2S/c1-4-11-21-16-8-6-5-7-15(16)19-18(21)20-24(22,23)17-12-13(2)9-10-14(17)3/h5-10,12H,4,11H2,1-3H3,(H,19,20). The molecule has 3 aromatic rings. The first-order valence-corrected chi connectivity index (χ1v) is 9.46. The number of imidazole rings is 1. The molecular formula is C18H21N3O2S. The molecule has 0 saturated carbocycles. The number of rotatable bonds is 5. The average Bonchev–Trinajstić information content (AvgIpc) is 2.87. The summed E-state index contributed by atoms with van der Waals surface area (Å²) in [6, 6.07) is 13.1. The van der Waals surface area contributed by atoms with Crippen LogP contribution in [0.2, 0.25) is 0 Å². The molecule has 126 valence electrons. The molecule has 0 radical (unpaired) electrons. The van der Waals surface area contributed by atoms with Crippen LogP contribution < -0.4 is 4.72 Å². The summed E-state index contributed by atoms with van der Waals surface area (Å²) in [7, 11) is -3.69. The number of para-hydroxylation sites is 2. The molecule has 5 nitrogen and oxygen atoms in total. The lowest BCUT2D eigenvalue weighted by Crippen LogP contribution is -2.18. The Morgan fingerprint density at radius 1 is 1.12 bits per heavy atom. The van der Waals surface area contributed by atoms with Gasteiger partial charge in [0.05, 0.1) is 15.9 Å². The third kappa shape index (κ3) is 3.01. The summed E-state index contributed by atoms with van der Waals surface area (Å²) in [6.07, 6.45) is 0.887. The topological polar surface area (TPSA) is 64.0 Å². The van der Waals surface area contributed by atoms with Crippen molar-refractivity contribution in [2.75, 3.05) is 4.72 Å². The third-order valence-electron chi connectivity index (χ3n) is 3.96. The largest absolute Gasteiger partial charge is 0.309 e. The van der Waals surface area contributed by atoms with Gasteiger partial charge in [0, 0.05) is 6.54 Å². The van der Waals surface area contributed by atoms with Crippen molar-refractivity contribution >= 4 is 27.0 Å². The molecule has 1 heterocycles. The fourth-order valence-corrected chi connectivity index (χ4v) is 4.11. The van der Waals surface area contributed by atoms with Crippen LogP contribution in [0.25, 0.3) is 11.0 Å². The Balaban J connectivity index is 2.08. The molecule has 2 aromatic carbocycles. The Kier molecular flexibility index (Phi) is 4.32. The van der Waals surface area contributed by atoms with E-state index in [0.717, 1.165) is 23.0 Å². The molecule has 24 heavy (non-hydrogen) atoms. The van der Waals surface area contributed by atoms with E-state index in [-0.39, 0.29) is 4.90 Å². The zero-order chi connectivity index (χ0) is 17.3. The highest BCUT2D eigenvalue weighted by molar-refractivity contribution is 7.92. The predicted molar refractivity (Wildman–Crippen MR) is 96.7 cm³/mol. The van der Waals surface area contributed by atoms with Gasteiger partial charge in [0.15, 0.2) is 0 Å². The zero-order valence-corrected chi connectivity index (χ0v) is 14.9. The van der Waals surface area contributed by atoms with E-state index in [2.05, 4.69) is 16.6 Å². The van der Waals surface area contributed by atoms with Crippen LogP contribution >= 0.6 is 0 Å². The molecule has 0 fully saturated rings. The molecule has 6 heteroatoms. The van der Waals surface area contributed by atoms with Gasteiger partial charge in [0.1, 0.15) is 0 Å². The Hall–Kier alpha value is -2.34. The summed E-state index contributed by atoms with van der Waals surface area (Å²) in [5.74, 6) is 0.360. The number of hydrogen-bond donors (Lipinski definition) is 1. The minimum atomic E-state index is -3.69. The van der Waals surface area contributed by atoms with E-state index in [4.69, 9.17) is 0 Å². The van der Waals surface area contributed by atoms with Crippen molar-refractivity contribution in [3.8, 4) is 0 Å². The number of anilines is 1. The minimum absolute atomic E-state index is 0.289. The van der Waals surface area contributed by atoms with Gasteiger partial charge in [0.2, 0.25) is 5.95 Å². The molecule has 0 spiro atoms. The Labute approximate surface area is 142 Å². The fraction of sp³-hybridized carbons (Fsp3) is 0.278. The third-order valence-corrected chi connectivity index (χ3v) is 5.43. The number of nitrogens with one attached hydrogen (secondary N) is 1. The summed E-state index contributed by atoms with van der Waals surface area (Å²) in [6.45, 7) is 6.43. The lowest BCUT2D eigenvalue weighted by Gasteiger charge is -2.12. The molecule has 0 aliphatic rings. The fourth-order valence-electron chi connectivity index (χ4n) is 2.78. The molecule has 0 bridgehead atoms. The second-order valence-electron chi connectivity index (χ2n) is 5.95. The molecule has 0 atom stereocenters. The number of sulfonamides is 1. The SMILES string of the molecule is CCCn1c(NS(=O)(=O)c2cc(C)ccc2C)nc2ccccc21.